The van der Waals surface area contributed by atoms with Crippen molar-refractivity contribution in [3.63, 3.8) is 0 Å². The zero-order valence-corrected chi connectivity index (χ0v) is 19.5. The zero-order chi connectivity index (χ0) is 20.6. The molecule has 2 rings (SSSR count). The standard InChI is InChI=1S/C26H43NOS/c1-2-3-4-5-6-7-8-9-10-11-12-13-14-15-16-17-20-29-23-18-19-25-24(21-23)26(28)22-27-25/h18-19,21-22,27-28H,2-17,20H2,1H3. The molecule has 0 spiro atoms. The predicted octanol–water partition coefficient (Wildman–Crippen LogP) is 9.23. The van der Waals surface area contributed by atoms with Gasteiger partial charge in [0.15, 0.2) is 0 Å². The number of aromatic amines is 1. The molecule has 1 aromatic carbocycles. The molecule has 3 heteroatoms. The lowest BCUT2D eigenvalue weighted by Gasteiger charge is -2.04. The van der Waals surface area contributed by atoms with Crippen molar-refractivity contribution in [1.82, 2.24) is 4.98 Å². The molecule has 2 nitrogen and oxygen atoms in total. The van der Waals surface area contributed by atoms with E-state index in [1.165, 1.54) is 113 Å². The number of H-pyrrole nitrogens is 1. The summed E-state index contributed by atoms with van der Waals surface area (Å²) in [7, 11) is 0. The van der Waals surface area contributed by atoms with Crippen molar-refractivity contribution in [1.29, 1.82) is 0 Å². The second kappa shape index (κ2) is 15.7. The zero-order valence-electron chi connectivity index (χ0n) is 18.7. The molecule has 0 amide bonds. The minimum atomic E-state index is 0.352. The van der Waals surface area contributed by atoms with Crippen LogP contribution < -0.4 is 0 Å². The first kappa shape index (κ1) is 24.2. The van der Waals surface area contributed by atoms with Gasteiger partial charge in [0.2, 0.25) is 0 Å². The van der Waals surface area contributed by atoms with Gasteiger partial charge in [0.1, 0.15) is 5.75 Å². The molecule has 0 fully saturated rings. The number of hydrogen-bond donors (Lipinski definition) is 2. The lowest BCUT2D eigenvalue weighted by Crippen LogP contribution is -1.85. The predicted molar refractivity (Wildman–Crippen MR) is 130 cm³/mol. The molecule has 0 unspecified atom stereocenters. The second-order valence-corrected chi connectivity index (χ2v) is 9.70. The normalized spacial score (nSPS) is 11.5. The molecular weight excluding hydrogens is 374 g/mol. The highest BCUT2D eigenvalue weighted by Gasteiger charge is 2.03. The van der Waals surface area contributed by atoms with E-state index >= 15 is 0 Å². The molecule has 0 saturated carbocycles. The van der Waals surface area contributed by atoms with Crippen LogP contribution in [0.2, 0.25) is 0 Å². The Morgan fingerprint density at radius 3 is 1.79 bits per heavy atom. The number of fused-ring (bicyclic) bond motifs is 1. The summed E-state index contributed by atoms with van der Waals surface area (Å²) in [6.45, 7) is 2.29. The smallest absolute Gasteiger partial charge is 0.140 e. The molecule has 1 aromatic heterocycles. The molecule has 2 N–H and O–H groups in total. The van der Waals surface area contributed by atoms with Crippen LogP contribution in [0.25, 0.3) is 10.9 Å². The number of unbranched alkanes of at least 4 members (excludes halogenated alkanes) is 15. The molecule has 0 bridgehead atoms. The van der Waals surface area contributed by atoms with Crippen LogP contribution in [-0.4, -0.2) is 15.8 Å². The molecule has 0 radical (unpaired) electrons. The van der Waals surface area contributed by atoms with Crippen LogP contribution in [0.1, 0.15) is 110 Å². The Labute approximate surface area is 183 Å². The summed E-state index contributed by atoms with van der Waals surface area (Å²) in [4.78, 5) is 4.34. The Morgan fingerprint density at radius 2 is 1.24 bits per heavy atom. The fraction of sp³-hybridized carbons (Fsp3) is 0.692. The Balaban J connectivity index is 1.33. The van der Waals surface area contributed by atoms with Gasteiger partial charge in [0.25, 0.3) is 0 Å². The van der Waals surface area contributed by atoms with E-state index in [-0.39, 0.29) is 0 Å². The van der Waals surface area contributed by atoms with Gasteiger partial charge in [-0.15, -0.1) is 11.8 Å². The quantitative estimate of drug-likeness (QED) is 0.187. The minimum absolute atomic E-state index is 0.352. The molecule has 0 atom stereocenters. The third kappa shape index (κ3) is 10.5. The van der Waals surface area contributed by atoms with Gasteiger partial charge in [-0.1, -0.05) is 103 Å². The van der Waals surface area contributed by atoms with E-state index < -0.39 is 0 Å². The number of benzene rings is 1. The highest BCUT2D eigenvalue weighted by molar-refractivity contribution is 7.99. The molecule has 29 heavy (non-hydrogen) atoms. The molecule has 0 aliphatic heterocycles. The molecule has 0 aliphatic carbocycles. The lowest BCUT2D eigenvalue weighted by molar-refractivity contribution is 0.481. The van der Waals surface area contributed by atoms with E-state index in [0.29, 0.717) is 5.75 Å². The first-order valence-electron chi connectivity index (χ1n) is 12.2. The van der Waals surface area contributed by atoms with Crippen molar-refractivity contribution in [3.8, 4) is 5.75 Å². The summed E-state index contributed by atoms with van der Waals surface area (Å²) in [5, 5.41) is 10.7. The van der Waals surface area contributed by atoms with Gasteiger partial charge in [0, 0.05) is 22.0 Å². The van der Waals surface area contributed by atoms with E-state index in [4.69, 9.17) is 0 Å². The molecule has 0 saturated heterocycles. The van der Waals surface area contributed by atoms with Crippen LogP contribution in [0.15, 0.2) is 29.3 Å². The third-order valence-electron chi connectivity index (χ3n) is 5.90. The largest absolute Gasteiger partial charge is 0.506 e. The minimum Gasteiger partial charge on any atom is -0.506 e. The molecule has 1 heterocycles. The van der Waals surface area contributed by atoms with Gasteiger partial charge in [0.05, 0.1) is 0 Å². The number of nitrogens with one attached hydrogen (secondary N) is 1. The number of hydrogen-bond acceptors (Lipinski definition) is 2. The molecule has 2 aromatic rings. The van der Waals surface area contributed by atoms with Gasteiger partial charge in [-0.05, 0) is 30.4 Å². The van der Waals surface area contributed by atoms with Crippen LogP contribution in [0.3, 0.4) is 0 Å². The maximum atomic E-state index is 9.82. The topological polar surface area (TPSA) is 36.0 Å². The van der Waals surface area contributed by atoms with E-state index in [9.17, 15) is 5.11 Å². The lowest BCUT2D eigenvalue weighted by atomic mass is 10.0. The monoisotopic (exact) mass is 417 g/mol. The Hall–Kier alpha value is -1.09. The van der Waals surface area contributed by atoms with Crippen molar-refractivity contribution in [2.45, 2.75) is 115 Å². The second-order valence-electron chi connectivity index (χ2n) is 8.53. The third-order valence-corrected chi connectivity index (χ3v) is 6.98. The number of thioether (sulfide) groups is 1. The summed E-state index contributed by atoms with van der Waals surface area (Å²) < 4.78 is 0. The van der Waals surface area contributed by atoms with Gasteiger partial charge >= 0.3 is 0 Å². The molecule has 0 aliphatic rings. The maximum absolute atomic E-state index is 9.82. The van der Waals surface area contributed by atoms with E-state index in [1.54, 1.807) is 6.20 Å². The Kier molecular flexibility index (Phi) is 13.1. The molecular formula is C26H43NOS. The number of aromatic hydroxyl groups is 1. The first-order valence-corrected chi connectivity index (χ1v) is 13.2. The summed E-state index contributed by atoms with van der Waals surface area (Å²) in [6, 6.07) is 6.30. The Bertz CT molecular complexity index is 651. The van der Waals surface area contributed by atoms with Crippen LogP contribution in [0.5, 0.6) is 5.75 Å². The van der Waals surface area contributed by atoms with Crippen LogP contribution in [0.4, 0.5) is 0 Å². The van der Waals surface area contributed by atoms with E-state index in [0.717, 1.165) is 10.9 Å². The summed E-state index contributed by atoms with van der Waals surface area (Å²) >= 11 is 1.91. The van der Waals surface area contributed by atoms with Crippen molar-refractivity contribution < 1.29 is 5.11 Å². The van der Waals surface area contributed by atoms with Crippen LogP contribution >= 0.6 is 11.8 Å². The van der Waals surface area contributed by atoms with E-state index in [1.807, 2.05) is 11.8 Å². The highest BCUT2D eigenvalue weighted by atomic mass is 32.2. The van der Waals surface area contributed by atoms with Crippen molar-refractivity contribution in [3.05, 3.63) is 24.4 Å². The highest BCUT2D eigenvalue weighted by Crippen LogP contribution is 2.29. The summed E-state index contributed by atoms with van der Waals surface area (Å²) in [5.74, 6) is 1.53. The first-order chi connectivity index (χ1) is 14.3. The Morgan fingerprint density at radius 1 is 0.724 bits per heavy atom. The van der Waals surface area contributed by atoms with Crippen molar-refractivity contribution >= 4 is 22.7 Å². The summed E-state index contributed by atoms with van der Waals surface area (Å²) in [5.41, 5.74) is 1.01. The average Bonchev–Trinajstić information content (AvgIpc) is 3.10. The SMILES string of the molecule is CCCCCCCCCCCCCCCCCCSc1ccc2[nH]cc(O)c2c1. The fourth-order valence-corrected chi connectivity index (χ4v) is 4.96. The molecule has 164 valence electrons. The fourth-order valence-electron chi connectivity index (χ4n) is 4.01. The van der Waals surface area contributed by atoms with Crippen molar-refractivity contribution in [2.24, 2.45) is 0 Å². The van der Waals surface area contributed by atoms with E-state index in [2.05, 4.69) is 30.1 Å². The van der Waals surface area contributed by atoms with Crippen molar-refractivity contribution in [2.75, 3.05) is 5.75 Å². The van der Waals surface area contributed by atoms with Gasteiger partial charge < -0.3 is 10.1 Å². The average molecular weight is 418 g/mol. The number of aromatic nitrogens is 1. The van der Waals surface area contributed by atoms with Gasteiger partial charge in [-0.25, -0.2) is 0 Å². The van der Waals surface area contributed by atoms with Crippen LogP contribution in [0, 0.1) is 0 Å². The summed E-state index contributed by atoms with van der Waals surface area (Å²) in [6.07, 6.45) is 24.4. The maximum Gasteiger partial charge on any atom is 0.140 e. The van der Waals surface area contributed by atoms with Gasteiger partial charge in [-0.2, -0.15) is 0 Å². The van der Waals surface area contributed by atoms with Gasteiger partial charge in [-0.3, -0.25) is 0 Å². The van der Waals surface area contributed by atoms with Crippen LogP contribution in [-0.2, 0) is 0 Å². The number of rotatable bonds is 18.